The monoisotopic (exact) mass is 487 g/mol. The number of fused-ring (bicyclic) bond motifs is 1. The van der Waals surface area contributed by atoms with Gasteiger partial charge in [-0.3, -0.25) is 20.2 Å². The van der Waals surface area contributed by atoms with E-state index in [0.29, 0.717) is 23.7 Å². The lowest BCUT2D eigenvalue weighted by molar-refractivity contribution is -0.384. The number of hydrogen-bond acceptors (Lipinski definition) is 7. The zero-order valence-corrected chi connectivity index (χ0v) is 18.5. The summed E-state index contributed by atoms with van der Waals surface area (Å²) in [5.74, 6) is -0.380. The van der Waals surface area contributed by atoms with Crippen LogP contribution in [-0.2, 0) is 16.6 Å². The molecule has 0 aliphatic carbocycles. The molecular formula is C21H18FN5O6S. The first kappa shape index (κ1) is 22.9. The normalized spacial score (nSPS) is 13.1. The lowest BCUT2D eigenvalue weighted by atomic mass is 10.2. The molecule has 0 saturated heterocycles. The highest BCUT2D eigenvalue weighted by molar-refractivity contribution is 7.92. The maximum absolute atomic E-state index is 14.8. The summed E-state index contributed by atoms with van der Waals surface area (Å²) in [6.07, 6.45) is 1.42. The molecule has 0 radical (unpaired) electrons. The van der Waals surface area contributed by atoms with Crippen LogP contribution in [0, 0.1) is 15.9 Å². The highest BCUT2D eigenvalue weighted by Gasteiger charge is 2.26. The quantitative estimate of drug-likeness (QED) is 0.377. The van der Waals surface area contributed by atoms with Crippen molar-refractivity contribution >= 4 is 33.2 Å². The molecule has 3 aromatic rings. The fourth-order valence-corrected chi connectivity index (χ4v) is 4.31. The Bertz CT molecular complexity index is 1380. The number of carbonyl (C=O) groups excluding carboxylic acids is 1. The average Bonchev–Trinajstić information content (AvgIpc) is 2.80. The van der Waals surface area contributed by atoms with Crippen LogP contribution in [0.2, 0.25) is 0 Å². The van der Waals surface area contributed by atoms with Crippen molar-refractivity contribution in [1.82, 2.24) is 9.88 Å². The number of nitro benzene ring substituents is 1. The number of hydrogen-bond donors (Lipinski definition) is 2. The molecule has 2 heterocycles. The highest BCUT2D eigenvalue weighted by atomic mass is 32.2. The first-order valence-electron chi connectivity index (χ1n) is 9.96. The molecule has 2 N–H and O–H groups in total. The molecule has 11 nitrogen and oxygen atoms in total. The van der Waals surface area contributed by atoms with Crippen LogP contribution in [0.25, 0.3) is 0 Å². The third-order valence-corrected chi connectivity index (χ3v) is 6.42. The predicted octanol–water partition coefficient (Wildman–Crippen LogP) is 4.09. The van der Waals surface area contributed by atoms with Crippen LogP contribution >= 0.6 is 0 Å². The Kier molecular flexibility index (Phi) is 6.03. The van der Waals surface area contributed by atoms with Crippen LogP contribution in [0.5, 0.6) is 11.5 Å². The number of nitrogens with zero attached hydrogens (tertiary/aromatic N) is 3. The maximum Gasteiger partial charge on any atom is 0.323 e. The van der Waals surface area contributed by atoms with Crippen LogP contribution in [0.1, 0.15) is 12.5 Å². The lowest BCUT2D eigenvalue weighted by Crippen LogP contribution is -2.38. The van der Waals surface area contributed by atoms with Gasteiger partial charge in [0.2, 0.25) is 0 Å². The number of benzene rings is 2. The molecule has 2 aromatic carbocycles. The Labute approximate surface area is 193 Å². The van der Waals surface area contributed by atoms with E-state index in [0.717, 1.165) is 30.3 Å². The van der Waals surface area contributed by atoms with Crippen molar-refractivity contribution in [3.8, 4) is 11.5 Å². The second-order valence-electron chi connectivity index (χ2n) is 7.18. The summed E-state index contributed by atoms with van der Waals surface area (Å²) in [7, 11) is -4.10. The van der Waals surface area contributed by atoms with E-state index in [2.05, 4.69) is 15.0 Å². The minimum absolute atomic E-state index is 0.0654. The molecule has 13 heteroatoms. The maximum atomic E-state index is 14.8. The number of pyridine rings is 1. The van der Waals surface area contributed by atoms with Crippen molar-refractivity contribution in [2.75, 3.05) is 16.6 Å². The van der Waals surface area contributed by atoms with Gasteiger partial charge in [0.25, 0.3) is 15.7 Å². The van der Waals surface area contributed by atoms with Crippen LogP contribution in [0.15, 0.2) is 59.6 Å². The van der Waals surface area contributed by atoms with Gasteiger partial charge in [-0.25, -0.2) is 22.6 Å². The number of halogens is 1. The largest absolute Gasteiger partial charge is 0.454 e. The Hall–Kier alpha value is -4.26. The topological polar surface area (TPSA) is 144 Å². The molecule has 2 amide bonds. The van der Waals surface area contributed by atoms with E-state index in [1.54, 1.807) is 0 Å². The molecule has 0 unspecified atom stereocenters. The number of amides is 2. The van der Waals surface area contributed by atoms with E-state index in [-0.39, 0.29) is 34.6 Å². The Balaban J connectivity index is 1.54. The molecule has 34 heavy (non-hydrogen) atoms. The lowest BCUT2D eigenvalue weighted by Gasteiger charge is -2.28. The minimum atomic E-state index is -4.10. The van der Waals surface area contributed by atoms with E-state index < -0.39 is 20.8 Å². The summed E-state index contributed by atoms with van der Waals surface area (Å²) in [4.78, 5) is 27.5. The summed E-state index contributed by atoms with van der Waals surface area (Å²) < 4.78 is 47.8. The fraction of sp³-hybridized carbons (Fsp3) is 0.143. The molecule has 4 rings (SSSR count). The SMILES string of the molecule is CCN1Cc2c(Oc3ccc(NS(=O)(=O)c4ccc([N+](=O)[O-])cc4)cc3F)ccnc2NC1=O. The Morgan fingerprint density at radius 1 is 1.21 bits per heavy atom. The van der Waals surface area contributed by atoms with Crippen molar-refractivity contribution in [1.29, 1.82) is 0 Å². The molecule has 1 aliphatic rings. The Morgan fingerprint density at radius 3 is 2.59 bits per heavy atom. The average molecular weight is 487 g/mol. The molecular weight excluding hydrogens is 469 g/mol. The number of sulfonamides is 1. The van der Waals surface area contributed by atoms with Gasteiger partial charge < -0.3 is 9.64 Å². The van der Waals surface area contributed by atoms with Gasteiger partial charge in [-0.15, -0.1) is 0 Å². The minimum Gasteiger partial charge on any atom is -0.454 e. The van der Waals surface area contributed by atoms with Crippen LogP contribution in [-0.4, -0.2) is 35.8 Å². The summed E-state index contributed by atoms with van der Waals surface area (Å²) in [5, 5.41) is 13.4. The van der Waals surface area contributed by atoms with Gasteiger partial charge in [0.1, 0.15) is 11.6 Å². The zero-order valence-electron chi connectivity index (χ0n) is 17.7. The predicted molar refractivity (Wildman–Crippen MR) is 120 cm³/mol. The van der Waals surface area contributed by atoms with Gasteiger partial charge in [-0.05, 0) is 37.3 Å². The van der Waals surface area contributed by atoms with E-state index >= 15 is 0 Å². The van der Waals surface area contributed by atoms with Gasteiger partial charge in [0.15, 0.2) is 11.6 Å². The first-order chi connectivity index (χ1) is 16.2. The number of nitro groups is 1. The van der Waals surface area contributed by atoms with Crippen molar-refractivity contribution in [3.05, 3.63) is 76.2 Å². The third kappa shape index (κ3) is 4.59. The second kappa shape index (κ2) is 8.94. The Morgan fingerprint density at radius 2 is 1.94 bits per heavy atom. The summed E-state index contributed by atoms with van der Waals surface area (Å²) >= 11 is 0. The first-order valence-corrected chi connectivity index (χ1v) is 11.4. The van der Waals surface area contributed by atoms with E-state index in [1.165, 1.54) is 29.3 Å². The van der Waals surface area contributed by atoms with Crippen molar-refractivity contribution in [3.63, 3.8) is 0 Å². The highest BCUT2D eigenvalue weighted by Crippen LogP contribution is 2.34. The number of ether oxygens (including phenoxy) is 1. The van der Waals surface area contributed by atoms with Crippen molar-refractivity contribution in [2.45, 2.75) is 18.4 Å². The van der Waals surface area contributed by atoms with Gasteiger partial charge in [-0.2, -0.15) is 0 Å². The van der Waals surface area contributed by atoms with Crippen LogP contribution in [0.3, 0.4) is 0 Å². The molecule has 0 atom stereocenters. The molecule has 0 bridgehead atoms. The summed E-state index contributed by atoms with van der Waals surface area (Å²) in [6, 6.07) is 9.05. The summed E-state index contributed by atoms with van der Waals surface area (Å²) in [6.45, 7) is 2.50. The van der Waals surface area contributed by atoms with Gasteiger partial charge in [0.05, 0.1) is 27.6 Å². The standard InChI is InChI=1S/C21H18FN5O6S/c1-2-26-12-16-18(9-10-23-20(16)24-21(26)28)33-19-8-3-13(11-17(19)22)25-34(31,32)15-6-4-14(5-7-15)27(29)30/h3-11,25H,2,12H2,1H3,(H,23,24,28). The summed E-state index contributed by atoms with van der Waals surface area (Å²) in [5.41, 5.74) is 0.252. The van der Waals surface area contributed by atoms with E-state index in [4.69, 9.17) is 4.74 Å². The molecule has 0 saturated carbocycles. The number of carbonyl (C=O) groups is 1. The second-order valence-corrected chi connectivity index (χ2v) is 8.87. The molecule has 176 valence electrons. The smallest absolute Gasteiger partial charge is 0.323 e. The molecule has 1 aromatic heterocycles. The van der Waals surface area contributed by atoms with E-state index in [9.17, 15) is 27.7 Å². The third-order valence-electron chi connectivity index (χ3n) is 5.02. The van der Waals surface area contributed by atoms with Gasteiger partial charge >= 0.3 is 6.03 Å². The van der Waals surface area contributed by atoms with Crippen molar-refractivity contribution in [2.24, 2.45) is 0 Å². The molecule has 1 aliphatic heterocycles. The van der Waals surface area contributed by atoms with Gasteiger partial charge in [-0.1, -0.05) is 0 Å². The zero-order chi connectivity index (χ0) is 24.5. The van der Waals surface area contributed by atoms with Crippen LogP contribution in [0.4, 0.5) is 26.4 Å². The number of aromatic nitrogens is 1. The molecule has 0 fully saturated rings. The number of anilines is 2. The van der Waals surface area contributed by atoms with Crippen molar-refractivity contribution < 1.29 is 27.3 Å². The number of nitrogens with one attached hydrogen (secondary N) is 2. The molecule has 0 spiro atoms. The fourth-order valence-electron chi connectivity index (χ4n) is 3.26. The van der Waals surface area contributed by atoms with Crippen LogP contribution < -0.4 is 14.8 Å². The van der Waals surface area contributed by atoms with Gasteiger partial charge in [0, 0.05) is 30.9 Å². The van der Waals surface area contributed by atoms with E-state index in [1.807, 2.05) is 6.92 Å². The number of non-ortho nitro benzene ring substituents is 1. The number of urea groups is 1. The number of rotatable bonds is 7.